The highest BCUT2D eigenvalue weighted by atomic mass is 19.3. The molecule has 0 saturated heterocycles. The average molecular weight is 358 g/mol. The van der Waals surface area contributed by atoms with Crippen LogP contribution in [0.2, 0.25) is 0 Å². The molecule has 1 amide bonds. The molecule has 0 aromatic heterocycles. The van der Waals surface area contributed by atoms with Crippen molar-refractivity contribution >= 4 is 12.0 Å². The molecule has 0 radical (unpaired) electrons. The molecule has 0 aliphatic carbocycles. The quantitative estimate of drug-likeness (QED) is 0.607. The summed E-state index contributed by atoms with van der Waals surface area (Å²) in [5.41, 5.74) is 1.08. The molecule has 2 aromatic rings. The smallest absolute Gasteiger partial charge is 0.387 e. The number of halogens is 2. The minimum absolute atomic E-state index is 0.120. The highest BCUT2D eigenvalue weighted by molar-refractivity contribution is 6.01. The fraction of sp³-hybridized carbons (Fsp3) is 0.158. The standard InChI is InChI=1S/C19H16F2N2O3/c1-25-16-8-7-14(10-17(16)26-19(20)21)9-15(11-22)18(24)23-12-13-5-3-2-4-6-13/h2-10,19H,12H2,1H3,(H,23,24)/b15-9+. The van der Waals surface area contributed by atoms with Crippen LogP contribution < -0.4 is 14.8 Å². The van der Waals surface area contributed by atoms with Crippen molar-refractivity contribution in [2.75, 3.05) is 7.11 Å². The van der Waals surface area contributed by atoms with Gasteiger partial charge in [0.25, 0.3) is 5.91 Å². The molecule has 26 heavy (non-hydrogen) atoms. The topological polar surface area (TPSA) is 71.3 Å². The summed E-state index contributed by atoms with van der Waals surface area (Å²) in [4.78, 5) is 12.2. The number of nitrogens with zero attached hydrogens (tertiary/aromatic N) is 1. The van der Waals surface area contributed by atoms with Gasteiger partial charge in [0.1, 0.15) is 11.6 Å². The van der Waals surface area contributed by atoms with E-state index >= 15 is 0 Å². The number of carbonyl (C=O) groups is 1. The highest BCUT2D eigenvalue weighted by Gasteiger charge is 2.13. The van der Waals surface area contributed by atoms with Gasteiger partial charge >= 0.3 is 6.61 Å². The molecule has 0 saturated carbocycles. The maximum atomic E-state index is 12.5. The Morgan fingerprint density at radius 1 is 1.23 bits per heavy atom. The van der Waals surface area contributed by atoms with Crippen LogP contribution in [0.1, 0.15) is 11.1 Å². The fourth-order valence-corrected chi connectivity index (χ4v) is 2.16. The van der Waals surface area contributed by atoms with Gasteiger partial charge in [-0.25, -0.2) is 0 Å². The van der Waals surface area contributed by atoms with E-state index in [1.165, 1.54) is 31.4 Å². The zero-order valence-corrected chi connectivity index (χ0v) is 13.9. The number of nitrogens with one attached hydrogen (secondary N) is 1. The molecule has 0 aliphatic heterocycles. The Morgan fingerprint density at radius 2 is 1.96 bits per heavy atom. The fourth-order valence-electron chi connectivity index (χ4n) is 2.16. The number of hydrogen-bond acceptors (Lipinski definition) is 4. The second kappa shape index (κ2) is 9.18. The van der Waals surface area contributed by atoms with Gasteiger partial charge in [-0.2, -0.15) is 14.0 Å². The number of methoxy groups -OCH3 is 1. The molecular weight excluding hydrogens is 342 g/mol. The number of amides is 1. The van der Waals surface area contributed by atoms with Crippen molar-refractivity contribution in [1.82, 2.24) is 5.32 Å². The Bertz CT molecular complexity index is 830. The van der Waals surface area contributed by atoms with Crippen LogP contribution in [0.25, 0.3) is 6.08 Å². The van der Waals surface area contributed by atoms with Crippen molar-refractivity contribution < 1.29 is 23.0 Å². The number of rotatable bonds is 7. The molecule has 0 heterocycles. The van der Waals surface area contributed by atoms with Crippen molar-refractivity contribution in [3.8, 4) is 17.6 Å². The summed E-state index contributed by atoms with van der Waals surface area (Å²) >= 11 is 0. The summed E-state index contributed by atoms with van der Waals surface area (Å²) in [6.45, 7) is -2.76. The van der Waals surface area contributed by atoms with E-state index < -0.39 is 12.5 Å². The third-order valence-electron chi connectivity index (χ3n) is 3.38. The van der Waals surface area contributed by atoms with Crippen LogP contribution >= 0.6 is 0 Å². The SMILES string of the molecule is COc1ccc(/C=C(\C#N)C(=O)NCc2ccccc2)cc1OC(F)F. The Morgan fingerprint density at radius 3 is 2.58 bits per heavy atom. The molecule has 0 unspecified atom stereocenters. The number of nitriles is 1. The lowest BCUT2D eigenvalue weighted by molar-refractivity contribution is -0.117. The van der Waals surface area contributed by atoms with Gasteiger partial charge in [-0.1, -0.05) is 36.4 Å². The van der Waals surface area contributed by atoms with Gasteiger partial charge in [-0.15, -0.1) is 0 Å². The summed E-state index contributed by atoms with van der Waals surface area (Å²) in [6, 6.07) is 15.2. The van der Waals surface area contributed by atoms with E-state index in [0.29, 0.717) is 5.56 Å². The van der Waals surface area contributed by atoms with E-state index in [-0.39, 0.29) is 23.6 Å². The van der Waals surface area contributed by atoms with Crippen LogP contribution in [-0.2, 0) is 11.3 Å². The lowest BCUT2D eigenvalue weighted by Crippen LogP contribution is -2.23. The minimum Gasteiger partial charge on any atom is -0.493 e. The average Bonchev–Trinajstić information content (AvgIpc) is 2.64. The van der Waals surface area contributed by atoms with Crippen LogP contribution in [0.15, 0.2) is 54.1 Å². The molecule has 2 rings (SSSR count). The van der Waals surface area contributed by atoms with Gasteiger partial charge in [0.05, 0.1) is 7.11 Å². The van der Waals surface area contributed by atoms with Gasteiger partial charge < -0.3 is 14.8 Å². The second-order valence-electron chi connectivity index (χ2n) is 5.13. The van der Waals surface area contributed by atoms with E-state index in [4.69, 9.17) is 4.74 Å². The lowest BCUT2D eigenvalue weighted by Gasteiger charge is -2.10. The van der Waals surface area contributed by atoms with E-state index in [0.717, 1.165) is 5.56 Å². The maximum absolute atomic E-state index is 12.5. The Hall–Kier alpha value is -3.40. The molecule has 7 heteroatoms. The van der Waals surface area contributed by atoms with Crippen molar-refractivity contribution in [2.24, 2.45) is 0 Å². The van der Waals surface area contributed by atoms with Crippen LogP contribution in [-0.4, -0.2) is 19.6 Å². The second-order valence-corrected chi connectivity index (χ2v) is 5.13. The molecule has 0 bridgehead atoms. The minimum atomic E-state index is -3.02. The number of ether oxygens (including phenoxy) is 2. The zero-order chi connectivity index (χ0) is 18.9. The van der Waals surface area contributed by atoms with Crippen LogP contribution in [0.3, 0.4) is 0 Å². The monoisotopic (exact) mass is 358 g/mol. The Balaban J connectivity index is 2.16. The molecule has 0 aliphatic rings. The molecule has 134 valence electrons. The highest BCUT2D eigenvalue weighted by Crippen LogP contribution is 2.30. The normalized spacial score (nSPS) is 11.0. The number of benzene rings is 2. The van der Waals surface area contributed by atoms with E-state index in [2.05, 4.69) is 10.1 Å². The van der Waals surface area contributed by atoms with Gasteiger partial charge in [-0.3, -0.25) is 4.79 Å². The summed E-state index contributed by atoms with van der Waals surface area (Å²) in [7, 11) is 1.32. The summed E-state index contributed by atoms with van der Waals surface area (Å²) in [6.07, 6.45) is 1.29. The summed E-state index contributed by atoms with van der Waals surface area (Å²) in [5.74, 6) is -0.629. The van der Waals surface area contributed by atoms with Gasteiger partial charge in [-0.05, 0) is 29.3 Å². The first-order valence-corrected chi connectivity index (χ1v) is 7.60. The first-order valence-electron chi connectivity index (χ1n) is 7.60. The van der Waals surface area contributed by atoms with Crippen molar-refractivity contribution in [3.05, 3.63) is 65.2 Å². The number of hydrogen-bond donors (Lipinski definition) is 1. The molecule has 5 nitrogen and oxygen atoms in total. The molecular formula is C19H16F2N2O3. The van der Waals surface area contributed by atoms with Gasteiger partial charge in [0.2, 0.25) is 0 Å². The molecule has 0 spiro atoms. The Labute approximate surface area is 149 Å². The van der Waals surface area contributed by atoms with Crippen molar-refractivity contribution in [3.63, 3.8) is 0 Å². The predicted octanol–water partition coefficient (Wildman–Crippen LogP) is 3.52. The number of carbonyl (C=O) groups excluding carboxylic acids is 1. The Kier molecular flexibility index (Phi) is 6.68. The predicted molar refractivity (Wildman–Crippen MR) is 91.5 cm³/mol. The van der Waals surface area contributed by atoms with Crippen molar-refractivity contribution in [1.29, 1.82) is 5.26 Å². The molecule has 0 atom stereocenters. The zero-order valence-electron chi connectivity index (χ0n) is 13.9. The summed E-state index contributed by atoms with van der Waals surface area (Å²) < 4.78 is 34.3. The largest absolute Gasteiger partial charge is 0.493 e. The first-order chi connectivity index (χ1) is 12.5. The third-order valence-corrected chi connectivity index (χ3v) is 3.38. The van der Waals surface area contributed by atoms with Gasteiger partial charge in [0, 0.05) is 6.54 Å². The molecule has 1 N–H and O–H groups in total. The van der Waals surface area contributed by atoms with Crippen molar-refractivity contribution in [2.45, 2.75) is 13.2 Å². The van der Waals surface area contributed by atoms with E-state index in [1.54, 1.807) is 6.07 Å². The van der Waals surface area contributed by atoms with Crippen LogP contribution in [0.4, 0.5) is 8.78 Å². The van der Waals surface area contributed by atoms with Gasteiger partial charge in [0.15, 0.2) is 11.5 Å². The summed E-state index contributed by atoms with van der Waals surface area (Å²) in [5, 5.41) is 11.8. The third kappa shape index (κ3) is 5.31. The van der Waals surface area contributed by atoms with E-state index in [9.17, 15) is 18.8 Å². The number of alkyl halides is 2. The maximum Gasteiger partial charge on any atom is 0.387 e. The van der Waals surface area contributed by atoms with E-state index in [1.807, 2.05) is 30.3 Å². The van der Waals surface area contributed by atoms with Crippen LogP contribution in [0, 0.1) is 11.3 Å². The molecule has 2 aromatic carbocycles. The lowest BCUT2D eigenvalue weighted by atomic mass is 10.1. The van der Waals surface area contributed by atoms with Crippen LogP contribution in [0.5, 0.6) is 11.5 Å². The molecule has 0 fully saturated rings. The first kappa shape index (κ1) is 18.9.